The fourth-order valence-electron chi connectivity index (χ4n) is 3.89. The summed E-state index contributed by atoms with van der Waals surface area (Å²) in [5, 5.41) is 18.9. The largest absolute Gasteiger partial charge is 0.619 e. The average Bonchev–Trinajstić information content (AvgIpc) is 3.13. The molecule has 2 aliphatic rings. The molecule has 2 aromatic heterocycles. The molecule has 2 heterocycles. The lowest BCUT2D eigenvalue weighted by molar-refractivity contribution is -0.605. The van der Waals surface area contributed by atoms with E-state index in [4.69, 9.17) is 4.74 Å². The highest BCUT2D eigenvalue weighted by Crippen LogP contribution is 2.57. The number of amides is 1. The second-order valence-corrected chi connectivity index (χ2v) is 8.50. The first-order valence-corrected chi connectivity index (χ1v) is 9.26. The molecule has 2 aliphatic carbocycles. The lowest BCUT2D eigenvalue weighted by Gasteiger charge is -2.28. The van der Waals surface area contributed by atoms with Gasteiger partial charge >= 0.3 is 5.97 Å². The first-order valence-electron chi connectivity index (χ1n) is 9.26. The predicted octanol–water partition coefficient (Wildman–Crippen LogP) is 0.878. The van der Waals surface area contributed by atoms with Crippen LogP contribution in [0.4, 0.5) is 0 Å². The van der Waals surface area contributed by atoms with Gasteiger partial charge in [0, 0.05) is 11.5 Å². The van der Waals surface area contributed by atoms with Crippen LogP contribution < -0.4 is 10.0 Å². The van der Waals surface area contributed by atoms with Crippen molar-refractivity contribution in [3.63, 3.8) is 0 Å². The van der Waals surface area contributed by atoms with E-state index in [1.807, 2.05) is 20.8 Å². The summed E-state index contributed by atoms with van der Waals surface area (Å²) >= 11 is 0. The monoisotopic (exact) mass is 385 g/mol. The number of ether oxygens (including phenoxy) is 1. The number of methoxy groups -OCH3 is 1. The fourth-order valence-corrected chi connectivity index (χ4v) is 3.89. The molecule has 0 bridgehead atoms. The Morgan fingerprint density at radius 2 is 2.18 bits per heavy atom. The van der Waals surface area contributed by atoms with Gasteiger partial charge < -0.3 is 15.3 Å². The van der Waals surface area contributed by atoms with Crippen LogP contribution in [0.2, 0.25) is 0 Å². The van der Waals surface area contributed by atoms with E-state index < -0.39 is 23.3 Å². The molecule has 9 heteroatoms. The third-order valence-electron chi connectivity index (χ3n) is 5.44. The maximum Gasteiger partial charge on any atom is 0.328 e. The molecule has 1 fully saturated rings. The van der Waals surface area contributed by atoms with Gasteiger partial charge in [-0.1, -0.05) is 20.8 Å². The smallest absolute Gasteiger partial charge is 0.328 e. The van der Waals surface area contributed by atoms with E-state index in [0.29, 0.717) is 22.4 Å². The van der Waals surface area contributed by atoms with Crippen LogP contribution in [0.25, 0.3) is 5.82 Å². The minimum Gasteiger partial charge on any atom is -0.619 e. The first-order chi connectivity index (χ1) is 13.2. The number of nitrogens with zero attached hydrogens (tertiary/aromatic N) is 4. The van der Waals surface area contributed by atoms with E-state index in [-0.39, 0.29) is 5.69 Å². The quantitative estimate of drug-likeness (QED) is 0.475. The molecule has 0 aliphatic heterocycles. The minimum absolute atomic E-state index is 0.281. The number of hydrogen-bond acceptors (Lipinski definition) is 6. The summed E-state index contributed by atoms with van der Waals surface area (Å²) in [7, 11) is 1.30. The molecule has 9 nitrogen and oxygen atoms in total. The van der Waals surface area contributed by atoms with Crippen molar-refractivity contribution in [3.05, 3.63) is 40.7 Å². The molecule has 0 saturated heterocycles. The molecular weight excluding hydrogens is 362 g/mol. The van der Waals surface area contributed by atoms with Crippen molar-refractivity contribution in [3.8, 4) is 5.82 Å². The van der Waals surface area contributed by atoms with Crippen LogP contribution in [0.15, 0.2) is 18.6 Å². The maximum atomic E-state index is 13.0. The molecule has 3 atom stereocenters. The topological polar surface area (TPSA) is 113 Å². The molecule has 1 amide bonds. The summed E-state index contributed by atoms with van der Waals surface area (Å²) in [6, 6.07) is -0.805. The van der Waals surface area contributed by atoms with E-state index in [1.54, 1.807) is 4.68 Å². The van der Waals surface area contributed by atoms with Crippen LogP contribution in [0.3, 0.4) is 0 Å². The van der Waals surface area contributed by atoms with Gasteiger partial charge in [-0.3, -0.25) is 4.79 Å². The van der Waals surface area contributed by atoms with E-state index >= 15 is 0 Å². The standard InChI is InChI=1S/C19H23N5O4/c1-19(2,3)16(18(26)28-4)21-17(25)14-12-8-10-7-11(10)15(12)24(22-14)13-9-23(27)6-5-20-13/h5-6,9-11,16H,7-8H2,1-4H3,(H,21,25). The van der Waals surface area contributed by atoms with Gasteiger partial charge in [-0.25, -0.2) is 14.5 Å². The van der Waals surface area contributed by atoms with E-state index in [9.17, 15) is 14.8 Å². The second kappa shape index (κ2) is 6.29. The van der Waals surface area contributed by atoms with Crippen molar-refractivity contribution in [2.24, 2.45) is 11.3 Å². The first kappa shape index (κ1) is 18.4. The molecule has 3 unspecified atom stereocenters. The molecule has 1 saturated carbocycles. The van der Waals surface area contributed by atoms with Gasteiger partial charge in [-0.15, -0.1) is 0 Å². The SMILES string of the molecule is COC(=O)C(NC(=O)c1nn(-c2c[n+]([O-])ccn2)c2c1CC1CC21)C(C)(C)C. The highest BCUT2D eigenvalue weighted by molar-refractivity contribution is 5.97. The number of fused-ring (bicyclic) bond motifs is 3. The van der Waals surface area contributed by atoms with Crippen molar-refractivity contribution in [1.29, 1.82) is 0 Å². The number of esters is 1. The van der Waals surface area contributed by atoms with Gasteiger partial charge in [0.25, 0.3) is 5.91 Å². The highest BCUT2D eigenvalue weighted by atomic mass is 16.5. The van der Waals surface area contributed by atoms with Crippen LogP contribution in [0.1, 0.15) is 54.9 Å². The van der Waals surface area contributed by atoms with Crippen LogP contribution in [-0.2, 0) is 16.0 Å². The molecule has 0 aromatic carbocycles. The normalized spacial score (nSPS) is 20.9. The Morgan fingerprint density at radius 3 is 2.82 bits per heavy atom. The lowest BCUT2D eigenvalue weighted by Crippen LogP contribution is -2.49. The third-order valence-corrected chi connectivity index (χ3v) is 5.44. The molecule has 2 aromatic rings. The maximum absolute atomic E-state index is 13.0. The van der Waals surface area contributed by atoms with Crippen LogP contribution >= 0.6 is 0 Å². The second-order valence-electron chi connectivity index (χ2n) is 8.50. The zero-order chi connectivity index (χ0) is 20.2. The molecule has 28 heavy (non-hydrogen) atoms. The summed E-state index contributed by atoms with van der Waals surface area (Å²) in [4.78, 5) is 29.4. The van der Waals surface area contributed by atoms with Gasteiger partial charge in [0.05, 0.1) is 19.0 Å². The number of aromatic nitrogens is 4. The van der Waals surface area contributed by atoms with Crippen LogP contribution in [-0.4, -0.2) is 39.8 Å². The van der Waals surface area contributed by atoms with E-state index in [2.05, 4.69) is 15.4 Å². The molecule has 4 rings (SSSR count). The van der Waals surface area contributed by atoms with Gasteiger partial charge in [0.2, 0.25) is 12.0 Å². The third kappa shape index (κ3) is 3.00. The molecular formula is C19H23N5O4. The molecule has 148 valence electrons. The Morgan fingerprint density at radius 1 is 1.43 bits per heavy atom. The number of carbonyl (C=O) groups is 2. The van der Waals surface area contributed by atoms with Crippen LogP contribution in [0.5, 0.6) is 0 Å². The highest BCUT2D eigenvalue weighted by Gasteiger charge is 2.50. The van der Waals surface area contributed by atoms with Gasteiger partial charge in [0.1, 0.15) is 6.04 Å². The molecule has 0 spiro atoms. The fraction of sp³-hybridized carbons (Fsp3) is 0.526. The van der Waals surface area contributed by atoms with Crippen molar-refractivity contribution in [2.75, 3.05) is 7.11 Å². The van der Waals surface area contributed by atoms with Gasteiger partial charge in [-0.05, 0) is 24.2 Å². The van der Waals surface area contributed by atoms with Crippen molar-refractivity contribution >= 4 is 11.9 Å². The number of rotatable bonds is 4. The van der Waals surface area contributed by atoms with Crippen molar-refractivity contribution in [2.45, 2.75) is 45.6 Å². The van der Waals surface area contributed by atoms with Gasteiger partial charge in [-0.2, -0.15) is 9.83 Å². The van der Waals surface area contributed by atoms with E-state index in [0.717, 1.165) is 24.1 Å². The zero-order valence-corrected chi connectivity index (χ0v) is 16.3. The Kier molecular flexibility index (Phi) is 4.13. The number of nitrogens with one attached hydrogen (secondary N) is 1. The summed E-state index contributed by atoms with van der Waals surface area (Å²) in [5.74, 6) is 0.295. The van der Waals surface area contributed by atoms with Crippen molar-refractivity contribution in [1.82, 2.24) is 20.1 Å². The summed E-state index contributed by atoms with van der Waals surface area (Å²) < 4.78 is 7.11. The van der Waals surface area contributed by atoms with Crippen LogP contribution in [0, 0.1) is 16.5 Å². The zero-order valence-electron chi connectivity index (χ0n) is 16.3. The average molecular weight is 385 g/mol. The van der Waals surface area contributed by atoms with E-state index in [1.165, 1.54) is 25.7 Å². The lowest BCUT2D eigenvalue weighted by atomic mass is 9.86. The Labute approximate surface area is 162 Å². The predicted molar refractivity (Wildman–Crippen MR) is 97.6 cm³/mol. The summed E-state index contributed by atoms with van der Waals surface area (Å²) in [5.41, 5.74) is 1.58. The molecule has 0 radical (unpaired) electrons. The minimum atomic E-state index is -0.805. The Hall–Kier alpha value is -2.97. The van der Waals surface area contributed by atoms with Gasteiger partial charge in [0.15, 0.2) is 11.9 Å². The van der Waals surface area contributed by atoms with Crippen molar-refractivity contribution < 1.29 is 19.1 Å². The summed E-state index contributed by atoms with van der Waals surface area (Å²) in [6.07, 6.45) is 5.85. The number of hydrogen-bond donors (Lipinski definition) is 1. The Balaban J connectivity index is 1.71. The summed E-state index contributed by atoms with van der Waals surface area (Å²) in [6.45, 7) is 5.57. The molecule has 1 N–H and O–H groups in total. The number of carbonyl (C=O) groups excluding carboxylic acids is 2. The Bertz CT molecular complexity index is 962.